The highest BCUT2D eigenvalue weighted by molar-refractivity contribution is 5.38. The Bertz CT molecular complexity index is 620. The minimum Gasteiger partial charge on any atom is -0.453 e. The van der Waals surface area contributed by atoms with Gasteiger partial charge in [-0.2, -0.15) is 18.3 Å². The van der Waals surface area contributed by atoms with Crippen molar-refractivity contribution in [3.8, 4) is 11.5 Å². The SMILES string of the molecule is FC(F)(F)c1ccccc1Oc1cnn(CC2CNC2)c1. The van der Waals surface area contributed by atoms with Crippen LogP contribution in [-0.2, 0) is 12.7 Å². The van der Waals surface area contributed by atoms with Crippen LogP contribution < -0.4 is 10.1 Å². The minimum atomic E-state index is -4.44. The van der Waals surface area contributed by atoms with Crippen molar-refractivity contribution in [2.24, 2.45) is 5.92 Å². The lowest BCUT2D eigenvalue weighted by atomic mass is 10.0. The van der Waals surface area contributed by atoms with Gasteiger partial charge in [-0.25, -0.2) is 0 Å². The van der Waals surface area contributed by atoms with Gasteiger partial charge < -0.3 is 10.1 Å². The number of rotatable bonds is 4. The number of hydrogen-bond donors (Lipinski definition) is 1. The van der Waals surface area contributed by atoms with Crippen molar-refractivity contribution >= 4 is 0 Å². The van der Waals surface area contributed by atoms with Crippen LogP contribution in [0.2, 0.25) is 0 Å². The van der Waals surface area contributed by atoms with E-state index in [0.29, 0.717) is 11.7 Å². The fourth-order valence-corrected chi connectivity index (χ4v) is 2.16. The van der Waals surface area contributed by atoms with Gasteiger partial charge in [0.15, 0.2) is 5.75 Å². The van der Waals surface area contributed by atoms with Crippen molar-refractivity contribution in [1.82, 2.24) is 15.1 Å². The zero-order chi connectivity index (χ0) is 14.9. The third-order valence-corrected chi connectivity index (χ3v) is 3.34. The van der Waals surface area contributed by atoms with Crippen LogP contribution in [0.4, 0.5) is 13.2 Å². The number of alkyl halides is 3. The van der Waals surface area contributed by atoms with Crippen molar-refractivity contribution in [3.05, 3.63) is 42.2 Å². The van der Waals surface area contributed by atoms with Gasteiger partial charge in [0.05, 0.1) is 18.0 Å². The van der Waals surface area contributed by atoms with Crippen molar-refractivity contribution in [3.63, 3.8) is 0 Å². The second kappa shape index (κ2) is 5.40. The number of para-hydroxylation sites is 1. The molecular formula is C14H14F3N3O. The molecule has 1 fully saturated rings. The molecule has 1 saturated heterocycles. The zero-order valence-electron chi connectivity index (χ0n) is 11.1. The average Bonchev–Trinajstić information content (AvgIpc) is 2.81. The van der Waals surface area contributed by atoms with Gasteiger partial charge >= 0.3 is 6.18 Å². The first-order valence-corrected chi connectivity index (χ1v) is 6.59. The topological polar surface area (TPSA) is 39.1 Å². The molecule has 0 aliphatic carbocycles. The molecule has 2 heterocycles. The Balaban J connectivity index is 1.74. The largest absolute Gasteiger partial charge is 0.453 e. The highest BCUT2D eigenvalue weighted by Gasteiger charge is 2.34. The summed E-state index contributed by atoms with van der Waals surface area (Å²) in [5.41, 5.74) is -0.791. The van der Waals surface area contributed by atoms with Gasteiger partial charge in [0, 0.05) is 25.6 Å². The Morgan fingerprint density at radius 3 is 2.71 bits per heavy atom. The lowest BCUT2D eigenvalue weighted by Gasteiger charge is -2.26. The molecule has 1 N–H and O–H groups in total. The van der Waals surface area contributed by atoms with Crippen LogP contribution in [0.3, 0.4) is 0 Å². The Hall–Kier alpha value is -2.02. The first-order chi connectivity index (χ1) is 10.0. The molecule has 7 heteroatoms. The summed E-state index contributed by atoms with van der Waals surface area (Å²) in [4.78, 5) is 0. The van der Waals surface area contributed by atoms with Crippen molar-refractivity contribution < 1.29 is 17.9 Å². The number of nitrogens with one attached hydrogen (secondary N) is 1. The van der Waals surface area contributed by atoms with Gasteiger partial charge in [0.25, 0.3) is 0 Å². The second-order valence-electron chi connectivity index (χ2n) is 5.02. The number of halogens is 3. The summed E-state index contributed by atoms with van der Waals surface area (Å²) in [5.74, 6) is 0.606. The molecule has 1 aromatic heterocycles. The summed E-state index contributed by atoms with van der Waals surface area (Å²) < 4.78 is 45.6. The molecule has 1 aliphatic rings. The van der Waals surface area contributed by atoms with Gasteiger partial charge in [0.2, 0.25) is 0 Å². The van der Waals surface area contributed by atoms with Gasteiger partial charge in [-0.15, -0.1) is 0 Å². The number of ether oxygens (including phenoxy) is 1. The molecule has 0 atom stereocenters. The van der Waals surface area contributed by atoms with Crippen LogP contribution >= 0.6 is 0 Å². The van der Waals surface area contributed by atoms with Crippen molar-refractivity contribution in [2.75, 3.05) is 13.1 Å². The molecule has 0 saturated carbocycles. The maximum atomic E-state index is 12.9. The molecule has 0 bridgehead atoms. The van der Waals surface area contributed by atoms with Crippen LogP contribution in [0.15, 0.2) is 36.7 Å². The van der Waals surface area contributed by atoms with E-state index in [1.165, 1.54) is 24.4 Å². The van der Waals surface area contributed by atoms with Gasteiger partial charge in [-0.05, 0) is 12.1 Å². The van der Waals surface area contributed by atoms with Gasteiger partial charge in [-0.3, -0.25) is 4.68 Å². The maximum Gasteiger partial charge on any atom is 0.419 e. The molecule has 112 valence electrons. The molecular weight excluding hydrogens is 283 g/mol. The number of hydrogen-bond acceptors (Lipinski definition) is 3. The maximum absolute atomic E-state index is 12.9. The van der Waals surface area contributed by atoms with Crippen molar-refractivity contribution in [1.29, 1.82) is 0 Å². The second-order valence-corrected chi connectivity index (χ2v) is 5.02. The van der Waals surface area contributed by atoms with Crippen molar-refractivity contribution in [2.45, 2.75) is 12.7 Å². The van der Waals surface area contributed by atoms with E-state index in [2.05, 4.69) is 10.4 Å². The molecule has 21 heavy (non-hydrogen) atoms. The number of benzene rings is 1. The third-order valence-electron chi connectivity index (χ3n) is 3.34. The van der Waals surface area contributed by atoms with Gasteiger partial charge in [0.1, 0.15) is 5.75 Å². The molecule has 0 radical (unpaired) electrons. The molecule has 1 aliphatic heterocycles. The molecule has 0 amide bonds. The lowest BCUT2D eigenvalue weighted by Crippen LogP contribution is -2.44. The zero-order valence-corrected chi connectivity index (χ0v) is 11.1. The summed E-state index contributed by atoms with van der Waals surface area (Å²) in [7, 11) is 0. The first kappa shape index (κ1) is 13.9. The normalized spacial score (nSPS) is 15.8. The quantitative estimate of drug-likeness (QED) is 0.943. The van der Waals surface area contributed by atoms with E-state index >= 15 is 0 Å². The Morgan fingerprint density at radius 2 is 2.05 bits per heavy atom. The predicted octanol–water partition coefficient (Wildman–Crippen LogP) is 2.91. The van der Waals surface area contributed by atoms with E-state index < -0.39 is 11.7 Å². The summed E-state index contributed by atoms with van der Waals surface area (Å²) in [6.45, 7) is 2.61. The average molecular weight is 297 g/mol. The third kappa shape index (κ3) is 3.18. The van der Waals surface area contributed by atoms with Crippen LogP contribution in [0.25, 0.3) is 0 Å². The van der Waals surface area contributed by atoms with Gasteiger partial charge in [-0.1, -0.05) is 12.1 Å². The van der Waals surface area contributed by atoms with E-state index in [9.17, 15) is 13.2 Å². The van der Waals surface area contributed by atoms with E-state index in [0.717, 1.165) is 25.7 Å². The molecule has 0 unspecified atom stereocenters. The monoisotopic (exact) mass is 297 g/mol. The minimum absolute atomic E-state index is 0.213. The first-order valence-electron chi connectivity index (χ1n) is 6.59. The summed E-state index contributed by atoms with van der Waals surface area (Å²) in [6.07, 6.45) is -1.39. The van der Waals surface area contributed by atoms with E-state index in [1.54, 1.807) is 10.9 Å². The smallest absolute Gasteiger partial charge is 0.419 e. The van der Waals surface area contributed by atoms with E-state index in [1.807, 2.05) is 0 Å². The number of nitrogens with zero attached hydrogens (tertiary/aromatic N) is 2. The molecule has 2 aromatic rings. The van der Waals surface area contributed by atoms with Crippen LogP contribution in [-0.4, -0.2) is 22.9 Å². The molecule has 1 aromatic carbocycles. The molecule has 4 nitrogen and oxygen atoms in total. The highest BCUT2D eigenvalue weighted by atomic mass is 19.4. The fraction of sp³-hybridized carbons (Fsp3) is 0.357. The Morgan fingerprint density at radius 1 is 1.29 bits per heavy atom. The number of aromatic nitrogens is 2. The van der Waals surface area contributed by atoms with Crippen LogP contribution in [0, 0.1) is 5.92 Å². The predicted molar refractivity (Wildman–Crippen MR) is 70.1 cm³/mol. The lowest BCUT2D eigenvalue weighted by molar-refractivity contribution is -0.138. The molecule has 3 rings (SSSR count). The summed E-state index contributed by atoms with van der Waals surface area (Å²) in [6, 6.07) is 5.15. The standard InChI is InChI=1S/C14H14F3N3O/c15-14(16,17)12-3-1-2-4-13(12)21-11-7-19-20(9-11)8-10-5-18-6-10/h1-4,7,9-10,18H,5-6,8H2. The summed E-state index contributed by atoms with van der Waals surface area (Å²) in [5, 5.41) is 7.26. The molecule has 0 spiro atoms. The highest BCUT2D eigenvalue weighted by Crippen LogP contribution is 2.37. The van der Waals surface area contributed by atoms with E-state index in [-0.39, 0.29) is 5.75 Å². The van der Waals surface area contributed by atoms with Crippen LogP contribution in [0.5, 0.6) is 11.5 Å². The summed E-state index contributed by atoms with van der Waals surface area (Å²) >= 11 is 0. The Kier molecular flexibility index (Phi) is 3.59. The fourth-order valence-electron chi connectivity index (χ4n) is 2.16. The van der Waals surface area contributed by atoms with Crippen LogP contribution in [0.1, 0.15) is 5.56 Å². The van der Waals surface area contributed by atoms with E-state index in [4.69, 9.17) is 4.74 Å². The Labute approximate surface area is 119 Å².